The zero-order chi connectivity index (χ0) is 15.2. The second-order valence-electron chi connectivity index (χ2n) is 4.14. The minimum Gasteiger partial charge on any atom is -0.462 e. The Morgan fingerprint density at radius 2 is 1.62 bits per heavy atom. The SMILES string of the molecule is CCOC(=O)c1cccc(C(=O)Oc2ccc(Cl)cc2)c1. The molecule has 0 spiro atoms. The molecule has 2 rings (SSSR count). The Labute approximate surface area is 127 Å². The molecule has 108 valence electrons. The molecule has 2 aromatic rings. The molecule has 2 aromatic carbocycles. The monoisotopic (exact) mass is 304 g/mol. The van der Waals surface area contributed by atoms with Crippen LogP contribution in [0.1, 0.15) is 27.6 Å². The van der Waals surface area contributed by atoms with Gasteiger partial charge in [-0.25, -0.2) is 9.59 Å². The van der Waals surface area contributed by atoms with Gasteiger partial charge in [-0.05, 0) is 49.4 Å². The maximum Gasteiger partial charge on any atom is 0.343 e. The van der Waals surface area contributed by atoms with Crippen LogP contribution in [0.5, 0.6) is 5.75 Å². The zero-order valence-corrected chi connectivity index (χ0v) is 12.1. The molecular formula is C16H13ClO4. The minimum absolute atomic E-state index is 0.274. The van der Waals surface area contributed by atoms with E-state index in [0.29, 0.717) is 16.3 Å². The molecule has 0 aliphatic rings. The third-order valence-corrected chi connectivity index (χ3v) is 2.89. The fourth-order valence-electron chi connectivity index (χ4n) is 1.66. The lowest BCUT2D eigenvalue weighted by Gasteiger charge is -2.06. The lowest BCUT2D eigenvalue weighted by atomic mass is 10.1. The molecule has 0 radical (unpaired) electrons. The number of esters is 2. The van der Waals surface area contributed by atoms with E-state index in [4.69, 9.17) is 21.1 Å². The predicted molar refractivity (Wildman–Crippen MR) is 78.8 cm³/mol. The van der Waals surface area contributed by atoms with Crippen LogP contribution in [0.4, 0.5) is 0 Å². The highest BCUT2D eigenvalue weighted by atomic mass is 35.5. The second-order valence-corrected chi connectivity index (χ2v) is 4.58. The average Bonchev–Trinajstić information content (AvgIpc) is 2.50. The molecule has 0 atom stereocenters. The van der Waals surface area contributed by atoms with Crippen molar-refractivity contribution in [1.82, 2.24) is 0 Å². The number of benzene rings is 2. The van der Waals surface area contributed by atoms with E-state index in [1.807, 2.05) is 0 Å². The number of hydrogen-bond acceptors (Lipinski definition) is 4. The molecule has 4 nitrogen and oxygen atoms in total. The Kier molecular flexibility index (Phi) is 4.95. The summed E-state index contributed by atoms with van der Waals surface area (Å²) in [4.78, 5) is 23.7. The van der Waals surface area contributed by atoms with E-state index in [9.17, 15) is 9.59 Å². The molecular weight excluding hydrogens is 292 g/mol. The van der Waals surface area contributed by atoms with Crippen molar-refractivity contribution in [3.05, 3.63) is 64.7 Å². The average molecular weight is 305 g/mol. The number of carbonyl (C=O) groups is 2. The van der Waals surface area contributed by atoms with Crippen molar-refractivity contribution >= 4 is 23.5 Å². The molecule has 0 bridgehead atoms. The standard InChI is InChI=1S/C16H13ClO4/c1-2-20-15(18)11-4-3-5-12(10-11)16(19)21-14-8-6-13(17)7-9-14/h3-10H,2H2,1H3. The van der Waals surface area contributed by atoms with Crippen LogP contribution in [0.15, 0.2) is 48.5 Å². The van der Waals surface area contributed by atoms with Crippen LogP contribution in [-0.4, -0.2) is 18.5 Å². The maximum absolute atomic E-state index is 12.0. The van der Waals surface area contributed by atoms with Crippen LogP contribution in [0, 0.1) is 0 Å². The van der Waals surface area contributed by atoms with E-state index >= 15 is 0 Å². The van der Waals surface area contributed by atoms with Crippen molar-refractivity contribution in [2.75, 3.05) is 6.61 Å². The number of ether oxygens (including phenoxy) is 2. The van der Waals surface area contributed by atoms with Crippen LogP contribution in [0.25, 0.3) is 0 Å². The smallest absolute Gasteiger partial charge is 0.343 e. The molecule has 0 N–H and O–H groups in total. The summed E-state index contributed by atoms with van der Waals surface area (Å²) in [5.74, 6) is -0.645. The zero-order valence-electron chi connectivity index (χ0n) is 11.3. The van der Waals surface area contributed by atoms with Crippen LogP contribution in [0.2, 0.25) is 5.02 Å². The van der Waals surface area contributed by atoms with Gasteiger partial charge in [-0.3, -0.25) is 0 Å². The van der Waals surface area contributed by atoms with Gasteiger partial charge in [0.05, 0.1) is 17.7 Å². The highest BCUT2D eigenvalue weighted by Gasteiger charge is 2.12. The number of carbonyl (C=O) groups excluding carboxylic acids is 2. The predicted octanol–water partition coefficient (Wildman–Crippen LogP) is 3.74. The fraction of sp³-hybridized carbons (Fsp3) is 0.125. The van der Waals surface area contributed by atoms with Gasteiger partial charge in [0, 0.05) is 5.02 Å². The first-order valence-corrected chi connectivity index (χ1v) is 6.73. The largest absolute Gasteiger partial charge is 0.462 e. The topological polar surface area (TPSA) is 52.6 Å². The number of rotatable bonds is 4. The van der Waals surface area contributed by atoms with E-state index in [-0.39, 0.29) is 12.2 Å². The van der Waals surface area contributed by atoms with Crippen LogP contribution >= 0.6 is 11.6 Å². The molecule has 5 heteroatoms. The summed E-state index contributed by atoms with van der Waals surface area (Å²) in [5, 5.41) is 0.555. The van der Waals surface area contributed by atoms with Gasteiger partial charge in [-0.1, -0.05) is 17.7 Å². The van der Waals surface area contributed by atoms with Gasteiger partial charge in [0.15, 0.2) is 0 Å². The summed E-state index contributed by atoms with van der Waals surface area (Å²) >= 11 is 5.76. The quantitative estimate of drug-likeness (QED) is 0.638. The fourth-order valence-corrected chi connectivity index (χ4v) is 1.78. The summed E-state index contributed by atoms with van der Waals surface area (Å²) in [7, 11) is 0. The van der Waals surface area contributed by atoms with Gasteiger partial charge >= 0.3 is 11.9 Å². The lowest BCUT2D eigenvalue weighted by molar-refractivity contribution is 0.0526. The maximum atomic E-state index is 12.0. The first-order valence-electron chi connectivity index (χ1n) is 6.35. The molecule has 0 amide bonds. The van der Waals surface area contributed by atoms with E-state index in [1.54, 1.807) is 49.4 Å². The molecule has 0 heterocycles. The normalized spacial score (nSPS) is 10.0. The Balaban J connectivity index is 2.14. The van der Waals surface area contributed by atoms with E-state index < -0.39 is 11.9 Å². The summed E-state index contributed by atoms with van der Waals surface area (Å²) in [5.41, 5.74) is 0.581. The Morgan fingerprint density at radius 3 is 2.24 bits per heavy atom. The lowest BCUT2D eigenvalue weighted by Crippen LogP contribution is -2.11. The highest BCUT2D eigenvalue weighted by molar-refractivity contribution is 6.30. The summed E-state index contributed by atoms with van der Waals surface area (Å²) < 4.78 is 10.1. The van der Waals surface area contributed by atoms with Gasteiger partial charge in [0.1, 0.15) is 5.75 Å². The molecule has 21 heavy (non-hydrogen) atoms. The van der Waals surface area contributed by atoms with Crippen molar-refractivity contribution in [1.29, 1.82) is 0 Å². The summed E-state index contributed by atoms with van der Waals surface area (Å²) in [6.45, 7) is 1.99. The first-order chi connectivity index (χ1) is 10.1. The third-order valence-electron chi connectivity index (χ3n) is 2.63. The van der Waals surface area contributed by atoms with Crippen molar-refractivity contribution in [3.63, 3.8) is 0 Å². The van der Waals surface area contributed by atoms with E-state index in [1.165, 1.54) is 6.07 Å². The van der Waals surface area contributed by atoms with Crippen molar-refractivity contribution < 1.29 is 19.1 Å². The van der Waals surface area contributed by atoms with Gasteiger partial charge in [-0.2, -0.15) is 0 Å². The van der Waals surface area contributed by atoms with Gasteiger partial charge in [-0.15, -0.1) is 0 Å². The molecule has 0 unspecified atom stereocenters. The number of hydrogen-bond donors (Lipinski definition) is 0. The summed E-state index contributed by atoms with van der Waals surface area (Å²) in [6.07, 6.45) is 0. The Morgan fingerprint density at radius 1 is 1.00 bits per heavy atom. The summed E-state index contributed by atoms with van der Waals surface area (Å²) in [6, 6.07) is 12.6. The Bertz CT molecular complexity index is 650. The third kappa shape index (κ3) is 4.07. The van der Waals surface area contributed by atoms with Crippen LogP contribution in [0.3, 0.4) is 0 Å². The van der Waals surface area contributed by atoms with Crippen molar-refractivity contribution in [2.45, 2.75) is 6.92 Å². The molecule has 0 saturated heterocycles. The minimum atomic E-state index is -0.552. The Hall–Kier alpha value is -2.33. The molecule has 0 aromatic heterocycles. The van der Waals surface area contributed by atoms with Gasteiger partial charge in [0.2, 0.25) is 0 Å². The second kappa shape index (κ2) is 6.90. The van der Waals surface area contributed by atoms with Crippen LogP contribution in [-0.2, 0) is 4.74 Å². The molecule has 0 aliphatic heterocycles. The van der Waals surface area contributed by atoms with Crippen molar-refractivity contribution in [2.24, 2.45) is 0 Å². The van der Waals surface area contributed by atoms with Gasteiger partial charge in [0.25, 0.3) is 0 Å². The number of halogens is 1. The van der Waals surface area contributed by atoms with Gasteiger partial charge < -0.3 is 9.47 Å². The highest BCUT2D eigenvalue weighted by Crippen LogP contribution is 2.17. The molecule has 0 fully saturated rings. The molecule has 0 aliphatic carbocycles. The first kappa shape index (κ1) is 15.1. The molecule has 0 saturated carbocycles. The van der Waals surface area contributed by atoms with E-state index in [0.717, 1.165) is 0 Å². The van der Waals surface area contributed by atoms with Crippen LogP contribution < -0.4 is 4.74 Å². The van der Waals surface area contributed by atoms with E-state index in [2.05, 4.69) is 0 Å². The van der Waals surface area contributed by atoms with Crippen molar-refractivity contribution in [3.8, 4) is 5.75 Å².